The van der Waals surface area contributed by atoms with Crippen molar-refractivity contribution in [2.75, 3.05) is 26.4 Å². The zero-order valence-corrected chi connectivity index (χ0v) is 23.5. The van der Waals surface area contributed by atoms with Crippen LogP contribution >= 0.6 is 15.2 Å². The highest BCUT2D eigenvalue weighted by Crippen LogP contribution is 2.61. The highest BCUT2D eigenvalue weighted by atomic mass is 31.2. The Kier molecular flexibility index (Phi) is 7.32. The van der Waals surface area contributed by atoms with Gasteiger partial charge in [0.2, 0.25) is 0 Å². The van der Waals surface area contributed by atoms with E-state index in [-0.39, 0.29) is 49.6 Å². The van der Waals surface area contributed by atoms with Crippen LogP contribution in [-0.4, -0.2) is 26.4 Å². The molecule has 0 radical (unpaired) electrons. The van der Waals surface area contributed by atoms with Crippen molar-refractivity contribution >= 4 is 15.2 Å². The van der Waals surface area contributed by atoms with Crippen LogP contribution in [0.5, 0.6) is 0 Å². The minimum atomic E-state index is -3.32. The van der Waals surface area contributed by atoms with E-state index in [0.717, 1.165) is 22.3 Å². The molecule has 6 nitrogen and oxygen atoms in total. The quantitative estimate of drug-likeness (QED) is 0.390. The van der Waals surface area contributed by atoms with E-state index < -0.39 is 20.6 Å². The summed E-state index contributed by atoms with van der Waals surface area (Å²) in [5.41, 5.74) is 3.42. The lowest BCUT2D eigenvalue weighted by Crippen LogP contribution is -2.45. The Labute approximate surface area is 209 Å². The molecule has 0 unspecified atom stereocenters. The lowest BCUT2D eigenvalue weighted by Gasteiger charge is -2.43. The summed E-state index contributed by atoms with van der Waals surface area (Å²) in [5, 5.41) is 0. The average Bonchev–Trinajstić information content (AvgIpc) is 2.77. The van der Waals surface area contributed by atoms with Gasteiger partial charge in [0.15, 0.2) is 0 Å². The first-order valence-corrected chi connectivity index (χ1v) is 15.6. The molecule has 0 bridgehead atoms. The normalized spacial score (nSPS) is 29.9. The van der Waals surface area contributed by atoms with Crippen LogP contribution in [0.4, 0.5) is 0 Å². The number of hydrogen-bond donors (Lipinski definition) is 0. The highest BCUT2D eigenvalue weighted by molar-refractivity contribution is 7.53. The topological polar surface area (TPSA) is 71.1 Å². The van der Waals surface area contributed by atoms with Crippen molar-refractivity contribution in [3.8, 4) is 0 Å². The van der Waals surface area contributed by atoms with E-state index in [1.807, 2.05) is 36.4 Å². The molecule has 0 amide bonds. The molecule has 2 aromatic rings. The molecule has 2 heterocycles. The van der Waals surface area contributed by atoms with Crippen LogP contribution in [0, 0.1) is 5.41 Å². The van der Waals surface area contributed by atoms with Crippen LogP contribution < -0.4 is 0 Å². The van der Waals surface area contributed by atoms with E-state index in [1.54, 1.807) is 0 Å². The molecule has 0 atom stereocenters. The van der Waals surface area contributed by atoms with Crippen LogP contribution in [0.3, 0.4) is 0 Å². The molecule has 2 saturated heterocycles. The molecule has 0 aromatic heterocycles. The van der Waals surface area contributed by atoms with Crippen LogP contribution in [0.2, 0.25) is 0 Å². The second-order valence-corrected chi connectivity index (χ2v) is 16.1. The van der Waals surface area contributed by atoms with Crippen LogP contribution in [-0.2, 0) is 50.4 Å². The molecule has 2 aliphatic rings. The zero-order chi connectivity index (χ0) is 25.5. The first-order chi connectivity index (χ1) is 16.2. The third-order valence-corrected chi connectivity index (χ3v) is 10.2. The SMILES string of the molecule is CC(C)(C)c1ccccc1CP1(=O)OCC2(CO1)COP(=O)(Cc1ccccc1C(C)(C)C)OC2. The Bertz CT molecular complexity index is 1040. The second kappa shape index (κ2) is 9.56. The van der Waals surface area contributed by atoms with Crippen LogP contribution in [0.15, 0.2) is 48.5 Å². The van der Waals surface area contributed by atoms with Gasteiger partial charge in [0.25, 0.3) is 0 Å². The van der Waals surface area contributed by atoms with Crippen LogP contribution in [0.1, 0.15) is 63.8 Å². The molecule has 2 aromatic carbocycles. The third-order valence-electron chi connectivity index (χ3n) is 6.65. The van der Waals surface area contributed by atoms with E-state index in [4.69, 9.17) is 18.1 Å². The van der Waals surface area contributed by atoms with Gasteiger partial charge in [-0.15, -0.1) is 0 Å². The fourth-order valence-electron chi connectivity index (χ4n) is 4.65. The predicted molar refractivity (Wildman–Crippen MR) is 139 cm³/mol. The molecule has 0 aliphatic carbocycles. The number of benzene rings is 2. The smallest absolute Gasteiger partial charge is 0.307 e. The van der Waals surface area contributed by atoms with Crippen LogP contribution in [0.25, 0.3) is 0 Å². The fourth-order valence-corrected chi connectivity index (χ4v) is 8.43. The summed E-state index contributed by atoms with van der Waals surface area (Å²) >= 11 is 0. The maximum Gasteiger partial charge on any atom is 0.335 e. The van der Waals surface area contributed by atoms with Gasteiger partial charge in [0, 0.05) is 0 Å². The van der Waals surface area contributed by atoms with Gasteiger partial charge < -0.3 is 18.1 Å². The average molecular weight is 521 g/mol. The summed E-state index contributed by atoms with van der Waals surface area (Å²) in [6.45, 7) is 13.5. The minimum Gasteiger partial charge on any atom is -0.307 e. The van der Waals surface area contributed by atoms with Crippen molar-refractivity contribution in [1.82, 2.24) is 0 Å². The maximum absolute atomic E-state index is 13.4. The van der Waals surface area contributed by atoms with Crippen molar-refractivity contribution < 1.29 is 27.2 Å². The second-order valence-electron chi connectivity index (χ2n) is 11.9. The largest absolute Gasteiger partial charge is 0.335 e. The van der Waals surface area contributed by atoms with E-state index in [1.165, 1.54) is 0 Å². The van der Waals surface area contributed by atoms with Crippen molar-refractivity contribution in [2.45, 2.75) is 64.7 Å². The summed E-state index contributed by atoms with van der Waals surface area (Å²) in [6, 6.07) is 16.0. The molecular weight excluding hydrogens is 482 g/mol. The third kappa shape index (κ3) is 6.18. The van der Waals surface area contributed by atoms with Gasteiger partial charge in [-0.3, -0.25) is 9.13 Å². The van der Waals surface area contributed by atoms with Gasteiger partial charge >= 0.3 is 15.2 Å². The number of rotatable bonds is 4. The van der Waals surface area contributed by atoms with Gasteiger partial charge in [-0.25, -0.2) is 0 Å². The summed E-state index contributed by atoms with van der Waals surface area (Å²) in [5.74, 6) is 0. The molecule has 4 rings (SSSR count). The molecule has 1 spiro atoms. The molecule has 2 fully saturated rings. The standard InChI is InChI=1S/C27H38O6P2/c1-25(2,3)23-13-9-7-11-21(23)15-34(28)30-17-27(18-31-34)19-32-35(29,33-20-27)16-22-12-8-10-14-24(22)26(4,5)6/h7-14H,15-20H2,1-6H3. The van der Waals surface area contributed by atoms with E-state index in [0.29, 0.717) is 0 Å². The lowest BCUT2D eigenvalue weighted by atomic mass is 9.84. The Morgan fingerprint density at radius 2 is 0.943 bits per heavy atom. The Hall–Kier alpha value is -1.26. The minimum absolute atomic E-state index is 0.0788. The monoisotopic (exact) mass is 520 g/mol. The van der Waals surface area contributed by atoms with Crippen molar-refractivity contribution in [3.05, 3.63) is 70.8 Å². The molecule has 0 saturated carbocycles. The Balaban J connectivity index is 1.40. The summed E-state index contributed by atoms with van der Waals surface area (Å²) in [7, 11) is -6.63. The predicted octanol–water partition coefficient (Wildman–Crippen LogP) is 7.45. The first kappa shape index (κ1) is 26.8. The molecule has 2 aliphatic heterocycles. The molecule has 192 valence electrons. The van der Waals surface area contributed by atoms with Gasteiger partial charge in [-0.2, -0.15) is 0 Å². The molecule has 8 heteroatoms. The van der Waals surface area contributed by atoms with Gasteiger partial charge in [-0.1, -0.05) is 90.1 Å². The molecular formula is C27H38O6P2. The fraction of sp³-hybridized carbons (Fsp3) is 0.556. The Morgan fingerprint density at radius 3 is 1.26 bits per heavy atom. The first-order valence-electron chi connectivity index (χ1n) is 12.2. The highest BCUT2D eigenvalue weighted by Gasteiger charge is 2.49. The van der Waals surface area contributed by atoms with Crippen molar-refractivity contribution in [2.24, 2.45) is 5.41 Å². The van der Waals surface area contributed by atoms with Crippen molar-refractivity contribution in [1.29, 1.82) is 0 Å². The molecule has 35 heavy (non-hydrogen) atoms. The number of hydrogen-bond acceptors (Lipinski definition) is 6. The maximum atomic E-state index is 13.4. The summed E-state index contributed by atoms with van der Waals surface area (Å²) < 4.78 is 50.3. The Morgan fingerprint density at radius 1 is 0.629 bits per heavy atom. The summed E-state index contributed by atoms with van der Waals surface area (Å²) in [6.07, 6.45) is 0.445. The van der Waals surface area contributed by atoms with Crippen molar-refractivity contribution in [3.63, 3.8) is 0 Å². The van der Waals surface area contributed by atoms with E-state index in [9.17, 15) is 9.13 Å². The van der Waals surface area contributed by atoms with Gasteiger partial charge in [0.05, 0.1) is 44.2 Å². The van der Waals surface area contributed by atoms with E-state index >= 15 is 0 Å². The van der Waals surface area contributed by atoms with Gasteiger partial charge in [-0.05, 0) is 33.1 Å². The summed E-state index contributed by atoms with van der Waals surface area (Å²) in [4.78, 5) is 0. The zero-order valence-electron chi connectivity index (χ0n) is 21.7. The lowest BCUT2D eigenvalue weighted by molar-refractivity contribution is -0.0690. The van der Waals surface area contributed by atoms with Gasteiger partial charge in [0.1, 0.15) is 0 Å². The molecule has 0 N–H and O–H groups in total. The van der Waals surface area contributed by atoms with E-state index in [2.05, 4.69) is 53.7 Å².